The first-order chi connectivity index (χ1) is 12.6. The summed E-state index contributed by atoms with van der Waals surface area (Å²) in [4.78, 5) is 15.2. The molecule has 0 radical (unpaired) electrons. The molecule has 2 aromatic rings. The summed E-state index contributed by atoms with van der Waals surface area (Å²) >= 11 is 0. The average molecular weight is 354 g/mol. The molecule has 0 bridgehead atoms. The molecule has 1 aromatic heterocycles. The highest BCUT2D eigenvalue weighted by Gasteiger charge is 2.30. The molecule has 1 saturated heterocycles. The smallest absolute Gasteiger partial charge is 0.299 e. The number of nitrogens with zero attached hydrogens (tertiary/aromatic N) is 4. The van der Waals surface area contributed by atoms with E-state index in [1.165, 1.54) is 24.0 Å². The summed E-state index contributed by atoms with van der Waals surface area (Å²) in [5.41, 5.74) is 2.87. The second-order valence-electron chi connectivity index (χ2n) is 8.05. The molecule has 0 N–H and O–H groups in total. The van der Waals surface area contributed by atoms with Gasteiger partial charge in [-0.3, -0.25) is 9.47 Å². The van der Waals surface area contributed by atoms with Crippen LogP contribution >= 0.6 is 0 Å². The van der Waals surface area contributed by atoms with Crippen molar-refractivity contribution in [1.29, 1.82) is 0 Å². The van der Waals surface area contributed by atoms with Crippen LogP contribution < -0.4 is 5.69 Å². The second-order valence-corrected chi connectivity index (χ2v) is 8.05. The van der Waals surface area contributed by atoms with Crippen molar-refractivity contribution in [3.8, 4) is 0 Å². The Bertz CT molecular complexity index is 808. The van der Waals surface area contributed by atoms with Crippen LogP contribution in [0.4, 0.5) is 0 Å². The minimum atomic E-state index is 0.0780. The molecule has 2 fully saturated rings. The van der Waals surface area contributed by atoms with E-state index in [1.807, 2.05) is 4.57 Å². The summed E-state index contributed by atoms with van der Waals surface area (Å²) in [5, 5.41) is 4.65. The predicted octanol–water partition coefficient (Wildman–Crippen LogP) is 3.38. The third kappa shape index (κ3) is 3.37. The van der Waals surface area contributed by atoms with Crippen LogP contribution in [0.2, 0.25) is 0 Å². The van der Waals surface area contributed by atoms with E-state index in [0.29, 0.717) is 12.0 Å². The van der Waals surface area contributed by atoms with Crippen LogP contribution in [0, 0.1) is 6.92 Å². The van der Waals surface area contributed by atoms with Crippen molar-refractivity contribution in [3.05, 3.63) is 51.7 Å². The Hall–Kier alpha value is -1.88. The summed E-state index contributed by atoms with van der Waals surface area (Å²) in [5.74, 6) is 1.46. The summed E-state index contributed by atoms with van der Waals surface area (Å²) in [6.45, 7) is 5.37. The summed E-state index contributed by atoms with van der Waals surface area (Å²) in [7, 11) is 1.80. The van der Waals surface area contributed by atoms with Gasteiger partial charge in [-0.05, 0) is 56.8 Å². The SMILES string of the molecule is Cc1ccccc1CN1CCC(c2nn(C)c(=O)n2C2CCCC2)CC1. The summed E-state index contributed by atoms with van der Waals surface area (Å²) in [6.07, 6.45) is 6.92. The maximum absolute atomic E-state index is 12.6. The number of likely N-dealkylation sites (tertiary alicyclic amines) is 1. The van der Waals surface area contributed by atoms with E-state index in [1.54, 1.807) is 11.7 Å². The Morgan fingerprint density at radius 2 is 1.77 bits per heavy atom. The van der Waals surface area contributed by atoms with Gasteiger partial charge in [0.2, 0.25) is 0 Å². The van der Waals surface area contributed by atoms with Gasteiger partial charge in [0.15, 0.2) is 0 Å². The maximum atomic E-state index is 12.6. The molecule has 1 aliphatic heterocycles. The number of aryl methyl sites for hydroxylation is 2. The highest BCUT2D eigenvalue weighted by molar-refractivity contribution is 5.25. The minimum Gasteiger partial charge on any atom is -0.299 e. The Morgan fingerprint density at radius 3 is 2.46 bits per heavy atom. The Kier molecular flexibility index (Phi) is 4.98. The molecule has 2 aliphatic rings. The molecule has 0 atom stereocenters. The quantitative estimate of drug-likeness (QED) is 0.845. The molecule has 4 rings (SSSR count). The van der Waals surface area contributed by atoms with Crippen LogP contribution in [0.15, 0.2) is 29.1 Å². The standard InChI is InChI=1S/C21H30N4O/c1-16-7-3-4-8-18(16)15-24-13-11-17(12-14-24)20-22-23(2)21(26)25(20)19-9-5-6-10-19/h3-4,7-8,17,19H,5-6,9-15H2,1-2H3. The van der Waals surface area contributed by atoms with E-state index in [-0.39, 0.29) is 5.69 Å². The van der Waals surface area contributed by atoms with Crippen molar-refractivity contribution in [3.63, 3.8) is 0 Å². The highest BCUT2D eigenvalue weighted by atomic mass is 16.2. The van der Waals surface area contributed by atoms with Gasteiger partial charge in [0, 0.05) is 25.6 Å². The first-order valence-electron chi connectivity index (χ1n) is 10.1. The van der Waals surface area contributed by atoms with E-state index >= 15 is 0 Å². The van der Waals surface area contributed by atoms with E-state index < -0.39 is 0 Å². The number of aromatic nitrogens is 3. The molecular weight excluding hydrogens is 324 g/mol. The Labute approximate surface area is 155 Å². The van der Waals surface area contributed by atoms with Gasteiger partial charge >= 0.3 is 5.69 Å². The zero-order valence-electron chi connectivity index (χ0n) is 16.0. The van der Waals surface area contributed by atoms with Gasteiger partial charge in [-0.25, -0.2) is 9.48 Å². The average Bonchev–Trinajstić information content (AvgIpc) is 3.26. The van der Waals surface area contributed by atoms with Crippen LogP contribution in [0.1, 0.15) is 67.4 Å². The molecule has 1 saturated carbocycles. The second kappa shape index (κ2) is 7.39. The molecule has 2 heterocycles. The number of hydrogen-bond acceptors (Lipinski definition) is 3. The molecule has 1 aliphatic carbocycles. The Balaban J connectivity index is 1.46. The predicted molar refractivity (Wildman–Crippen MR) is 103 cm³/mol. The molecule has 1 aromatic carbocycles. The molecule has 0 spiro atoms. The van der Waals surface area contributed by atoms with Gasteiger partial charge < -0.3 is 0 Å². The maximum Gasteiger partial charge on any atom is 0.345 e. The van der Waals surface area contributed by atoms with Crippen LogP contribution in [0.3, 0.4) is 0 Å². The van der Waals surface area contributed by atoms with E-state index in [0.717, 1.165) is 51.1 Å². The van der Waals surface area contributed by atoms with E-state index in [2.05, 4.69) is 41.2 Å². The van der Waals surface area contributed by atoms with Gasteiger partial charge in [-0.15, -0.1) is 0 Å². The molecule has 0 unspecified atom stereocenters. The first-order valence-corrected chi connectivity index (χ1v) is 10.1. The fraction of sp³-hybridized carbons (Fsp3) is 0.619. The highest BCUT2D eigenvalue weighted by Crippen LogP contribution is 2.33. The summed E-state index contributed by atoms with van der Waals surface area (Å²) < 4.78 is 3.59. The van der Waals surface area contributed by atoms with Crippen molar-refractivity contribution in [2.45, 2.75) is 64.0 Å². The van der Waals surface area contributed by atoms with Gasteiger partial charge in [-0.1, -0.05) is 37.1 Å². The van der Waals surface area contributed by atoms with Gasteiger partial charge in [-0.2, -0.15) is 5.10 Å². The van der Waals surface area contributed by atoms with Crippen molar-refractivity contribution in [2.75, 3.05) is 13.1 Å². The van der Waals surface area contributed by atoms with Crippen LogP contribution in [-0.4, -0.2) is 32.3 Å². The molecule has 0 amide bonds. The molecule has 26 heavy (non-hydrogen) atoms. The molecule has 140 valence electrons. The van der Waals surface area contributed by atoms with Crippen molar-refractivity contribution >= 4 is 0 Å². The lowest BCUT2D eigenvalue weighted by atomic mass is 9.95. The topological polar surface area (TPSA) is 43.1 Å². The molecule has 5 nitrogen and oxygen atoms in total. The normalized spacial score (nSPS) is 20.1. The third-order valence-corrected chi connectivity index (χ3v) is 6.28. The zero-order valence-corrected chi connectivity index (χ0v) is 16.0. The lowest BCUT2D eigenvalue weighted by Gasteiger charge is -2.32. The van der Waals surface area contributed by atoms with Gasteiger partial charge in [0.1, 0.15) is 5.82 Å². The van der Waals surface area contributed by atoms with Crippen LogP contribution in [-0.2, 0) is 13.6 Å². The van der Waals surface area contributed by atoms with Gasteiger partial charge in [0.25, 0.3) is 0 Å². The zero-order chi connectivity index (χ0) is 18.1. The van der Waals surface area contributed by atoms with E-state index in [9.17, 15) is 4.79 Å². The van der Waals surface area contributed by atoms with Crippen LogP contribution in [0.25, 0.3) is 0 Å². The summed E-state index contributed by atoms with van der Waals surface area (Å²) in [6, 6.07) is 9.03. The number of rotatable bonds is 4. The molecule has 5 heteroatoms. The largest absolute Gasteiger partial charge is 0.345 e. The lowest BCUT2D eigenvalue weighted by molar-refractivity contribution is 0.198. The monoisotopic (exact) mass is 354 g/mol. The fourth-order valence-electron chi connectivity index (χ4n) is 4.66. The first kappa shape index (κ1) is 17.5. The minimum absolute atomic E-state index is 0.0780. The number of piperidine rings is 1. The lowest BCUT2D eigenvalue weighted by Crippen LogP contribution is -2.34. The van der Waals surface area contributed by atoms with Gasteiger partial charge in [0.05, 0.1) is 0 Å². The number of benzene rings is 1. The number of hydrogen-bond donors (Lipinski definition) is 0. The van der Waals surface area contributed by atoms with E-state index in [4.69, 9.17) is 0 Å². The van der Waals surface area contributed by atoms with Crippen molar-refractivity contribution in [1.82, 2.24) is 19.2 Å². The third-order valence-electron chi connectivity index (χ3n) is 6.28. The fourth-order valence-corrected chi connectivity index (χ4v) is 4.66. The van der Waals surface area contributed by atoms with Crippen molar-refractivity contribution < 1.29 is 0 Å². The van der Waals surface area contributed by atoms with Crippen LogP contribution in [0.5, 0.6) is 0 Å². The van der Waals surface area contributed by atoms with Crippen molar-refractivity contribution in [2.24, 2.45) is 7.05 Å². The Morgan fingerprint density at radius 1 is 1.08 bits per heavy atom. The molecular formula is C21H30N4O.